The zero-order valence-corrected chi connectivity index (χ0v) is 19.0. The topological polar surface area (TPSA) is 82.6 Å². The van der Waals surface area contributed by atoms with E-state index in [0.29, 0.717) is 28.3 Å². The Morgan fingerprint density at radius 1 is 1.25 bits per heavy atom. The number of nitrogens with zero attached hydrogens (tertiary/aromatic N) is 2. The molecule has 1 saturated heterocycles. The maximum absolute atomic E-state index is 12.3. The van der Waals surface area contributed by atoms with Gasteiger partial charge in [0, 0.05) is 17.7 Å². The normalized spacial score (nSPS) is 15.8. The molecular weight excluding hydrogens is 450 g/mol. The second kappa shape index (κ2) is 10.6. The molecule has 166 valence electrons. The number of hydrogen-bond acceptors (Lipinski definition) is 7. The Labute approximate surface area is 195 Å². The van der Waals surface area contributed by atoms with Crippen molar-refractivity contribution >= 4 is 40.1 Å². The largest absolute Gasteiger partial charge is 0.493 e. The molecule has 1 fully saturated rings. The maximum Gasteiger partial charge on any atom is 0.250 e. The van der Waals surface area contributed by atoms with Gasteiger partial charge in [-0.1, -0.05) is 41.1 Å². The van der Waals surface area contributed by atoms with E-state index in [1.807, 2.05) is 42.5 Å². The summed E-state index contributed by atoms with van der Waals surface area (Å²) in [4.78, 5) is 12.3. The summed E-state index contributed by atoms with van der Waals surface area (Å²) in [6.45, 7) is 1.13. The van der Waals surface area contributed by atoms with Crippen molar-refractivity contribution in [3.05, 3.63) is 69.7 Å². The first-order valence-electron chi connectivity index (χ1n) is 10.1. The van der Waals surface area contributed by atoms with Crippen LogP contribution in [0.25, 0.3) is 6.08 Å². The molecule has 2 aromatic carbocycles. The number of benzene rings is 2. The molecule has 1 N–H and O–H groups in total. The molecule has 1 aliphatic heterocycles. The highest BCUT2D eigenvalue weighted by molar-refractivity contribution is 7.15. The molecule has 7 nitrogen and oxygen atoms in total. The second-order valence-electron chi connectivity index (χ2n) is 7.10. The van der Waals surface area contributed by atoms with Crippen LogP contribution in [-0.4, -0.2) is 29.8 Å². The quantitative estimate of drug-likeness (QED) is 0.450. The average Bonchev–Trinajstić information content (AvgIpc) is 3.50. The highest BCUT2D eigenvalue weighted by Crippen LogP contribution is 2.32. The van der Waals surface area contributed by atoms with Crippen LogP contribution in [-0.2, 0) is 16.1 Å². The second-order valence-corrected chi connectivity index (χ2v) is 8.54. The van der Waals surface area contributed by atoms with Crippen LogP contribution in [0.4, 0.5) is 5.13 Å². The van der Waals surface area contributed by atoms with Crippen molar-refractivity contribution < 1.29 is 19.0 Å². The van der Waals surface area contributed by atoms with Crippen LogP contribution in [0.15, 0.2) is 48.5 Å². The van der Waals surface area contributed by atoms with Crippen molar-refractivity contribution in [1.82, 2.24) is 10.2 Å². The third kappa shape index (κ3) is 5.85. The van der Waals surface area contributed by atoms with Gasteiger partial charge in [-0.15, -0.1) is 10.2 Å². The van der Waals surface area contributed by atoms with Crippen LogP contribution in [0, 0.1) is 0 Å². The number of rotatable bonds is 8. The predicted molar refractivity (Wildman–Crippen MR) is 124 cm³/mol. The fourth-order valence-electron chi connectivity index (χ4n) is 3.16. The van der Waals surface area contributed by atoms with Gasteiger partial charge in [0.05, 0.1) is 7.11 Å². The number of aromatic nitrogens is 2. The van der Waals surface area contributed by atoms with E-state index in [2.05, 4.69) is 15.5 Å². The van der Waals surface area contributed by atoms with Crippen LogP contribution in [0.2, 0.25) is 5.02 Å². The summed E-state index contributed by atoms with van der Waals surface area (Å²) in [6.07, 6.45) is 5.08. The first-order chi connectivity index (χ1) is 15.6. The van der Waals surface area contributed by atoms with Gasteiger partial charge in [0.2, 0.25) is 11.0 Å². The summed E-state index contributed by atoms with van der Waals surface area (Å²) in [5.41, 5.74) is 1.80. The van der Waals surface area contributed by atoms with Crippen molar-refractivity contribution in [3.8, 4) is 11.5 Å². The first kappa shape index (κ1) is 22.3. The summed E-state index contributed by atoms with van der Waals surface area (Å²) < 4.78 is 16.9. The van der Waals surface area contributed by atoms with Crippen LogP contribution in [0.5, 0.6) is 11.5 Å². The lowest BCUT2D eigenvalue weighted by molar-refractivity contribution is -0.111. The molecule has 0 spiro atoms. The van der Waals surface area contributed by atoms with E-state index < -0.39 is 0 Å². The molecule has 1 atom stereocenters. The molecule has 1 aliphatic rings. The number of methoxy groups -OCH3 is 1. The molecule has 0 saturated carbocycles. The fourth-order valence-corrected chi connectivity index (χ4v) is 4.11. The summed E-state index contributed by atoms with van der Waals surface area (Å²) in [6, 6.07) is 12.9. The minimum absolute atomic E-state index is 0.0124. The van der Waals surface area contributed by atoms with E-state index in [4.69, 9.17) is 25.8 Å². The van der Waals surface area contributed by atoms with Gasteiger partial charge in [-0.25, -0.2) is 0 Å². The molecule has 0 bridgehead atoms. The van der Waals surface area contributed by atoms with Crippen molar-refractivity contribution in [3.63, 3.8) is 0 Å². The zero-order chi connectivity index (χ0) is 22.3. The van der Waals surface area contributed by atoms with Gasteiger partial charge < -0.3 is 14.2 Å². The zero-order valence-electron chi connectivity index (χ0n) is 17.4. The summed E-state index contributed by atoms with van der Waals surface area (Å²) in [5, 5.41) is 12.8. The number of anilines is 1. The number of amides is 1. The van der Waals surface area contributed by atoms with Crippen molar-refractivity contribution in [1.29, 1.82) is 0 Å². The van der Waals surface area contributed by atoms with E-state index >= 15 is 0 Å². The van der Waals surface area contributed by atoms with Crippen molar-refractivity contribution in [2.75, 3.05) is 19.0 Å². The van der Waals surface area contributed by atoms with Gasteiger partial charge in [-0.3, -0.25) is 10.1 Å². The Morgan fingerprint density at radius 2 is 2.09 bits per heavy atom. The Hall–Kier alpha value is -2.94. The minimum atomic E-state index is -0.290. The molecule has 4 rings (SSSR count). The third-order valence-corrected chi connectivity index (χ3v) is 5.98. The Morgan fingerprint density at radius 3 is 2.84 bits per heavy atom. The SMILES string of the molecule is COc1cc(/C=C/C(=O)Nc2nnc(C3CCCO3)s2)ccc1OCc1ccc(Cl)cc1. The Balaban J connectivity index is 1.34. The lowest BCUT2D eigenvalue weighted by Gasteiger charge is -2.11. The number of hydrogen-bond donors (Lipinski definition) is 1. The van der Waals surface area contributed by atoms with Gasteiger partial charge in [0.1, 0.15) is 17.7 Å². The lowest BCUT2D eigenvalue weighted by atomic mass is 10.2. The number of carbonyl (C=O) groups is 1. The highest BCUT2D eigenvalue weighted by Gasteiger charge is 2.22. The van der Waals surface area contributed by atoms with Crippen LogP contribution in [0.3, 0.4) is 0 Å². The fraction of sp³-hybridized carbons (Fsp3) is 0.261. The third-order valence-electron chi connectivity index (χ3n) is 4.80. The summed E-state index contributed by atoms with van der Waals surface area (Å²) in [5.74, 6) is 0.897. The van der Waals surface area contributed by atoms with Crippen LogP contribution >= 0.6 is 22.9 Å². The number of nitrogens with one attached hydrogen (secondary N) is 1. The maximum atomic E-state index is 12.3. The molecule has 1 aromatic heterocycles. The van der Waals surface area contributed by atoms with Crippen LogP contribution in [0.1, 0.15) is 35.1 Å². The smallest absolute Gasteiger partial charge is 0.250 e. The van der Waals surface area contributed by atoms with E-state index in [1.54, 1.807) is 13.2 Å². The molecule has 0 aliphatic carbocycles. The van der Waals surface area contributed by atoms with Crippen molar-refractivity contribution in [2.45, 2.75) is 25.6 Å². The molecular formula is C23H22ClN3O4S. The van der Waals surface area contributed by atoms with Gasteiger partial charge in [0.15, 0.2) is 11.5 Å². The van der Waals surface area contributed by atoms with E-state index in [1.165, 1.54) is 17.4 Å². The number of carbonyl (C=O) groups excluding carboxylic acids is 1. The Kier molecular flexibility index (Phi) is 7.36. The monoisotopic (exact) mass is 471 g/mol. The molecule has 0 radical (unpaired) electrons. The summed E-state index contributed by atoms with van der Waals surface area (Å²) in [7, 11) is 1.58. The van der Waals surface area contributed by atoms with Gasteiger partial charge in [-0.2, -0.15) is 0 Å². The standard InChI is InChI=1S/C23H22ClN3O4S/c1-29-20-13-15(6-10-18(20)31-14-16-4-8-17(24)9-5-16)7-11-21(28)25-23-27-26-22(32-23)19-3-2-12-30-19/h4-11,13,19H,2-3,12,14H2,1H3,(H,25,27,28)/b11-7+. The average molecular weight is 472 g/mol. The Bertz CT molecular complexity index is 1090. The molecule has 9 heteroatoms. The van der Waals surface area contributed by atoms with Gasteiger partial charge >= 0.3 is 0 Å². The highest BCUT2D eigenvalue weighted by atomic mass is 35.5. The van der Waals surface area contributed by atoms with Crippen LogP contribution < -0.4 is 14.8 Å². The van der Waals surface area contributed by atoms with E-state index in [0.717, 1.165) is 35.6 Å². The first-order valence-corrected chi connectivity index (χ1v) is 11.3. The van der Waals surface area contributed by atoms with E-state index in [-0.39, 0.29) is 12.0 Å². The number of halogens is 1. The molecule has 32 heavy (non-hydrogen) atoms. The molecule has 3 aromatic rings. The summed E-state index contributed by atoms with van der Waals surface area (Å²) >= 11 is 7.25. The molecule has 1 unspecified atom stereocenters. The van der Waals surface area contributed by atoms with Gasteiger partial charge in [0.25, 0.3) is 0 Å². The minimum Gasteiger partial charge on any atom is -0.493 e. The van der Waals surface area contributed by atoms with Gasteiger partial charge in [-0.05, 0) is 54.3 Å². The lowest BCUT2D eigenvalue weighted by Crippen LogP contribution is -2.07. The predicted octanol–water partition coefficient (Wildman–Crippen LogP) is 5.28. The number of ether oxygens (including phenoxy) is 3. The molecule has 2 heterocycles. The van der Waals surface area contributed by atoms with Crippen molar-refractivity contribution in [2.24, 2.45) is 0 Å². The van der Waals surface area contributed by atoms with E-state index in [9.17, 15) is 4.79 Å². The molecule has 1 amide bonds.